The summed E-state index contributed by atoms with van der Waals surface area (Å²) in [6.07, 6.45) is 2.98. The van der Waals surface area contributed by atoms with Crippen LogP contribution in [0.1, 0.15) is 50.7 Å². The highest BCUT2D eigenvalue weighted by Crippen LogP contribution is 2.28. The van der Waals surface area contributed by atoms with Crippen molar-refractivity contribution in [2.24, 2.45) is 0 Å². The summed E-state index contributed by atoms with van der Waals surface area (Å²) >= 11 is 0. The van der Waals surface area contributed by atoms with Gasteiger partial charge in [0.2, 0.25) is 0 Å². The first kappa shape index (κ1) is 18.0. The van der Waals surface area contributed by atoms with Gasteiger partial charge in [-0.05, 0) is 37.5 Å². The molecule has 0 unspecified atom stereocenters. The molecule has 0 aliphatic carbocycles. The van der Waals surface area contributed by atoms with Gasteiger partial charge in [0.05, 0.1) is 5.56 Å². The minimum absolute atomic E-state index is 0.0271. The van der Waals surface area contributed by atoms with Crippen molar-refractivity contribution in [1.29, 1.82) is 0 Å². The number of amides is 1. The molecule has 8 nitrogen and oxygen atoms in total. The molecule has 3 aromatic rings. The molecule has 28 heavy (non-hydrogen) atoms. The van der Waals surface area contributed by atoms with E-state index in [1.54, 1.807) is 29.2 Å². The molecule has 0 radical (unpaired) electrons. The first-order chi connectivity index (χ1) is 13.4. The molecule has 2 aromatic heterocycles. The molecule has 1 aliphatic rings. The summed E-state index contributed by atoms with van der Waals surface area (Å²) in [5, 5.41) is 12.1. The van der Waals surface area contributed by atoms with Gasteiger partial charge in [0, 0.05) is 37.0 Å². The van der Waals surface area contributed by atoms with E-state index in [4.69, 9.17) is 0 Å². The Morgan fingerprint density at radius 3 is 2.89 bits per heavy atom. The number of carboxylic acid groups (broad SMARTS) is 1. The number of likely N-dealkylation sites (tertiary alicyclic amines) is 1. The van der Waals surface area contributed by atoms with Gasteiger partial charge in [-0.3, -0.25) is 14.7 Å². The van der Waals surface area contributed by atoms with Crippen LogP contribution < -0.4 is 5.56 Å². The second-order valence-corrected chi connectivity index (χ2v) is 7.13. The summed E-state index contributed by atoms with van der Waals surface area (Å²) in [7, 11) is 0. The lowest BCUT2D eigenvalue weighted by molar-refractivity contribution is 0.0687. The van der Waals surface area contributed by atoms with E-state index in [1.165, 1.54) is 10.7 Å². The van der Waals surface area contributed by atoms with Crippen molar-refractivity contribution in [2.75, 3.05) is 13.1 Å². The maximum Gasteiger partial charge on any atom is 0.335 e. The van der Waals surface area contributed by atoms with Crippen molar-refractivity contribution in [2.45, 2.75) is 25.7 Å². The number of carbonyl (C=O) groups excluding carboxylic acids is 1. The Hall–Kier alpha value is -3.42. The number of fused-ring (bicyclic) bond motifs is 1. The number of hydrogen-bond acceptors (Lipinski definition) is 4. The zero-order valence-corrected chi connectivity index (χ0v) is 15.4. The Morgan fingerprint density at radius 2 is 2.11 bits per heavy atom. The van der Waals surface area contributed by atoms with Gasteiger partial charge in [0.25, 0.3) is 11.5 Å². The molecular formula is C20H20N4O4. The molecule has 2 N–H and O–H groups in total. The predicted octanol–water partition coefficient (Wildman–Crippen LogP) is 2.05. The lowest BCUT2D eigenvalue weighted by Gasteiger charge is -2.33. The minimum atomic E-state index is -0.973. The number of nitrogens with zero attached hydrogens (tertiary/aromatic N) is 3. The summed E-state index contributed by atoms with van der Waals surface area (Å²) in [5.41, 5.74) is 1.99. The van der Waals surface area contributed by atoms with Crippen LogP contribution in [-0.2, 0) is 0 Å². The molecule has 1 saturated heterocycles. The lowest BCUT2D eigenvalue weighted by atomic mass is 9.89. The fourth-order valence-electron chi connectivity index (χ4n) is 3.76. The molecule has 1 amide bonds. The maximum absolute atomic E-state index is 13.0. The summed E-state index contributed by atoms with van der Waals surface area (Å²) in [6.45, 7) is 2.81. The molecule has 1 fully saturated rings. The number of aromatic nitrogens is 3. The first-order valence-electron chi connectivity index (χ1n) is 9.14. The second kappa shape index (κ2) is 6.95. The Morgan fingerprint density at radius 1 is 1.29 bits per heavy atom. The van der Waals surface area contributed by atoms with E-state index in [9.17, 15) is 19.5 Å². The fraction of sp³-hybridized carbons (Fsp3) is 0.300. The molecule has 0 saturated carbocycles. The zero-order chi connectivity index (χ0) is 19.8. The molecule has 1 aromatic carbocycles. The molecule has 1 aliphatic heterocycles. The number of rotatable bonds is 3. The second-order valence-electron chi connectivity index (χ2n) is 7.13. The summed E-state index contributed by atoms with van der Waals surface area (Å²) < 4.78 is 1.28. The van der Waals surface area contributed by atoms with E-state index in [2.05, 4.69) is 10.1 Å². The number of hydrogen-bond donors (Lipinski definition) is 2. The van der Waals surface area contributed by atoms with Crippen LogP contribution in [0.2, 0.25) is 0 Å². The van der Waals surface area contributed by atoms with Gasteiger partial charge in [-0.25, -0.2) is 14.3 Å². The van der Waals surface area contributed by atoms with Crippen LogP contribution in [0, 0.1) is 6.92 Å². The average Bonchev–Trinajstić information content (AvgIpc) is 3.09. The van der Waals surface area contributed by atoms with Crippen molar-refractivity contribution in [3.63, 3.8) is 0 Å². The van der Waals surface area contributed by atoms with Crippen molar-refractivity contribution in [3.8, 4) is 0 Å². The van der Waals surface area contributed by atoms with E-state index in [-0.39, 0.29) is 23.0 Å². The monoisotopic (exact) mass is 380 g/mol. The number of carboxylic acids is 1. The van der Waals surface area contributed by atoms with Crippen LogP contribution in [0.5, 0.6) is 0 Å². The van der Waals surface area contributed by atoms with E-state index in [0.717, 1.165) is 24.1 Å². The smallest absolute Gasteiger partial charge is 0.335 e. The van der Waals surface area contributed by atoms with Crippen LogP contribution in [0.3, 0.4) is 0 Å². The standard InChI is InChI=1S/C20H20N4O4/c1-12-8-17-21-10-16(19(26)24(17)22-12)18(25)23-7-3-6-15(11-23)13-4-2-5-14(9-13)20(27)28/h2,4-5,8-10,15,22H,3,6-7,11H2,1H3,(H,27,28)/t15-/m0/s1. The largest absolute Gasteiger partial charge is 0.478 e. The third-order valence-electron chi connectivity index (χ3n) is 5.17. The van der Waals surface area contributed by atoms with Gasteiger partial charge in [-0.2, -0.15) is 0 Å². The maximum atomic E-state index is 13.0. The first-order valence-corrected chi connectivity index (χ1v) is 9.14. The van der Waals surface area contributed by atoms with E-state index < -0.39 is 11.5 Å². The minimum Gasteiger partial charge on any atom is -0.478 e. The van der Waals surface area contributed by atoms with Crippen LogP contribution in [0.15, 0.2) is 41.3 Å². The molecule has 144 valence electrons. The lowest BCUT2D eigenvalue weighted by Crippen LogP contribution is -2.41. The average molecular weight is 380 g/mol. The molecule has 3 heterocycles. The van der Waals surface area contributed by atoms with Crippen molar-refractivity contribution in [1.82, 2.24) is 19.5 Å². The molecule has 4 rings (SSSR count). The highest BCUT2D eigenvalue weighted by Gasteiger charge is 2.28. The van der Waals surface area contributed by atoms with Gasteiger partial charge in [0.15, 0.2) is 5.65 Å². The quantitative estimate of drug-likeness (QED) is 0.723. The van der Waals surface area contributed by atoms with Crippen molar-refractivity contribution in [3.05, 3.63) is 69.3 Å². The number of piperidine rings is 1. The van der Waals surface area contributed by atoms with Gasteiger partial charge >= 0.3 is 5.97 Å². The number of carbonyl (C=O) groups is 2. The summed E-state index contributed by atoms with van der Waals surface area (Å²) in [6, 6.07) is 8.55. The van der Waals surface area contributed by atoms with Gasteiger partial charge in [-0.15, -0.1) is 0 Å². The highest BCUT2D eigenvalue weighted by molar-refractivity contribution is 5.94. The molecule has 0 bridgehead atoms. The third kappa shape index (κ3) is 3.17. The molecular weight excluding hydrogens is 360 g/mol. The van der Waals surface area contributed by atoms with E-state index in [1.807, 2.05) is 13.0 Å². The SMILES string of the molecule is Cc1cc2ncc(C(=O)N3CCC[C@H](c4cccc(C(=O)O)c4)C3)c(=O)n2[nH]1. The van der Waals surface area contributed by atoms with E-state index in [0.29, 0.717) is 18.7 Å². The third-order valence-corrected chi connectivity index (χ3v) is 5.17. The molecule has 8 heteroatoms. The zero-order valence-electron chi connectivity index (χ0n) is 15.4. The Bertz CT molecular complexity index is 1130. The number of nitrogens with one attached hydrogen (secondary N) is 1. The number of benzene rings is 1. The fourth-order valence-corrected chi connectivity index (χ4v) is 3.76. The van der Waals surface area contributed by atoms with Crippen molar-refractivity contribution >= 4 is 17.5 Å². The number of aromatic carboxylic acids is 1. The Kier molecular flexibility index (Phi) is 4.46. The Balaban J connectivity index is 1.60. The van der Waals surface area contributed by atoms with Crippen molar-refractivity contribution < 1.29 is 14.7 Å². The van der Waals surface area contributed by atoms with Gasteiger partial charge < -0.3 is 10.0 Å². The van der Waals surface area contributed by atoms with Crippen LogP contribution in [-0.4, -0.2) is 49.6 Å². The van der Waals surface area contributed by atoms with Gasteiger partial charge in [0.1, 0.15) is 5.56 Å². The normalized spacial score (nSPS) is 17.0. The number of H-pyrrole nitrogens is 1. The summed E-state index contributed by atoms with van der Waals surface area (Å²) in [5.74, 6) is -1.29. The Labute approximate surface area is 160 Å². The van der Waals surface area contributed by atoms with E-state index >= 15 is 0 Å². The summed E-state index contributed by atoms with van der Waals surface area (Å²) in [4.78, 5) is 42.8. The topological polar surface area (TPSA) is 108 Å². The van der Waals surface area contributed by atoms with Crippen LogP contribution in [0.25, 0.3) is 5.65 Å². The van der Waals surface area contributed by atoms with Crippen LogP contribution >= 0.6 is 0 Å². The van der Waals surface area contributed by atoms with Gasteiger partial charge in [-0.1, -0.05) is 12.1 Å². The van der Waals surface area contributed by atoms with Crippen LogP contribution in [0.4, 0.5) is 0 Å². The molecule has 1 atom stereocenters. The number of aromatic amines is 1. The predicted molar refractivity (Wildman–Crippen MR) is 102 cm³/mol. The number of aryl methyl sites for hydroxylation is 1. The molecule has 0 spiro atoms. The highest BCUT2D eigenvalue weighted by atomic mass is 16.4.